The van der Waals surface area contributed by atoms with Crippen LogP contribution in [0.4, 0.5) is 0 Å². The Balaban J connectivity index is 1.91. The van der Waals surface area contributed by atoms with E-state index in [1.807, 2.05) is 7.11 Å². The Morgan fingerprint density at radius 2 is 2.25 bits per heavy atom. The molecule has 3 atom stereocenters. The number of methoxy groups -OCH3 is 1. The first-order chi connectivity index (χ1) is 7.83. The second-order valence-corrected chi connectivity index (χ2v) is 5.36. The molecule has 3 nitrogen and oxygen atoms in total. The van der Waals surface area contributed by atoms with Crippen LogP contribution in [-0.4, -0.2) is 50.3 Å². The fraction of sp³-hybridized carbons (Fsp3) is 1.00. The van der Waals surface area contributed by atoms with Crippen molar-refractivity contribution < 1.29 is 4.74 Å². The Bertz CT molecular complexity index is 204. The van der Waals surface area contributed by atoms with Crippen LogP contribution in [0, 0.1) is 5.92 Å². The third kappa shape index (κ3) is 2.76. The van der Waals surface area contributed by atoms with Gasteiger partial charge in [-0.3, -0.25) is 4.90 Å². The smallest absolute Gasteiger partial charge is 0.0615 e. The molecule has 0 aromatic carbocycles. The molecule has 0 saturated carbocycles. The van der Waals surface area contributed by atoms with E-state index in [9.17, 15) is 0 Å². The minimum absolute atomic E-state index is 0.583. The van der Waals surface area contributed by atoms with E-state index in [0.29, 0.717) is 6.04 Å². The minimum Gasteiger partial charge on any atom is -0.383 e. The third-order valence-corrected chi connectivity index (χ3v) is 4.20. The lowest BCUT2D eigenvalue weighted by Gasteiger charge is -2.37. The van der Waals surface area contributed by atoms with Gasteiger partial charge in [0.2, 0.25) is 0 Å². The summed E-state index contributed by atoms with van der Waals surface area (Å²) >= 11 is 0. The summed E-state index contributed by atoms with van der Waals surface area (Å²) in [7, 11) is 1.81. The quantitative estimate of drug-likeness (QED) is 0.786. The highest BCUT2D eigenvalue weighted by Gasteiger charge is 2.34. The number of ether oxygens (including phenoxy) is 1. The molecule has 2 heterocycles. The third-order valence-electron chi connectivity index (χ3n) is 4.20. The molecule has 0 aromatic rings. The highest BCUT2D eigenvalue weighted by atomic mass is 16.5. The molecule has 0 amide bonds. The first-order valence-electron chi connectivity index (χ1n) is 6.78. The lowest BCUT2D eigenvalue weighted by Crippen LogP contribution is -2.47. The Morgan fingerprint density at radius 3 is 2.94 bits per heavy atom. The molecule has 0 aromatic heterocycles. The van der Waals surface area contributed by atoms with Crippen LogP contribution in [0.1, 0.15) is 32.6 Å². The minimum atomic E-state index is 0.583. The van der Waals surface area contributed by atoms with Crippen molar-refractivity contribution in [1.82, 2.24) is 10.2 Å². The number of nitrogens with one attached hydrogen (secondary N) is 1. The van der Waals surface area contributed by atoms with Crippen molar-refractivity contribution >= 4 is 0 Å². The van der Waals surface area contributed by atoms with Crippen LogP contribution in [0.5, 0.6) is 0 Å². The largest absolute Gasteiger partial charge is 0.383 e. The van der Waals surface area contributed by atoms with Gasteiger partial charge >= 0.3 is 0 Å². The molecule has 2 saturated heterocycles. The molecule has 3 heteroatoms. The number of hydrogen-bond donors (Lipinski definition) is 1. The Hall–Kier alpha value is -0.120. The Labute approximate surface area is 99.5 Å². The van der Waals surface area contributed by atoms with E-state index in [1.165, 1.54) is 45.3 Å². The zero-order chi connectivity index (χ0) is 11.4. The summed E-state index contributed by atoms with van der Waals surface area (Å²) in [5.74, 6) is 0.871. The number of likely N-dealkylation sites (tertiary alicyclic amines) is 1. The second-order valence-electron chi connectivity index (χ2n) is 5.36. The molecule has 0 bridgehead atoms. The van der Waals surface area contributed by atoms with Crippen LogP contribution in [0.3, 0.4) is 0 Å². The highest BCUT2D eigenvalue weighted by molar-refractivity contribution is 4.90. The molecule has 0 aliphatic carbocycles. The van der Waals surface area contributed by atoms with E-state index in [4.69, 9.17) is 4.74 Å². The first kappa shape index (κ1) is 12.3. The maximum absolute atomic E-state index is 5.29. The van der Waals surface area contributed by atoms with E-state index < -0.39 is 0 Å². The number of rotatable bonds is 4. The lowest BCUT2D eigenvalue weighted by atomic mass is 9.90. The summed E-state index contributed by atoms with van der Waals surface area (Å²) in [5, 5.41) is 3.55. The number of piperidine rings is 1. The topological polar surface area (TPSA) is 24.5 Å². The van der Waals surface area contributed by atoms with E-state index in [1.54, 1.807) is 0 Å². The zero-order valence-electron chi connectivity index (χ0n) is 10.7. The zero-order valence-corrected chi connectivity index (χ0v) is 10.7. The van der Waals surface area contributed by atoms with E-state index in [-0.39, 0.29) is 0 Å². The number of nitrogens with zero attached hydrogens (tertiary/aromatic N) is 1. The van der Waals surface area contributed by atoms with Crippen molar-refractivity contribution in [3.8, 4) is 0 Å². The molecule has 94 valence electrons. The van der Waals surface area contributed by atoms with Gasteiger partial charge in [0.15, 0.2) is 0 Å². The van der Waals surface area contributed by atoms with Gasteiger partial charge in [0.05, 0.1) is 6.61 Å². The average Bonchev–Trinajstić information content (AvgIpc) is 2.79. The van der Waals surface area contributed by atoms with Gasteiger partial charge in [0.25, 0.3) is 0 Å². The lowest BCUT2D eigenvalue weighted by molar-refractivity contribution is 0.0670. The monoisotopic (exact) mass is 226 g/mol. The van der Waals surface area contributed by atoms with Crippen molar-refractivity contribution in [2.24, 2.45) is 5.92 Å². The normalized spacial score (nSPS) is 34.1. The molecule has 2 fully saturated rings. The van der Waals surface area contributed by atoms with Crippen LogP contribution in [-0.2, 0) is 4.74 Å². The van der Waals surface area contributed by atoms with Gasteiger partial charge in [-0.2, -0.15) is 0 Å². The molecule has 2 rings (SSSR count). The van der Waals surface area contributed by atoms with Crippen LogP contribution in [0.15, 0.2) is 0 Å². The van der Waals surface area contributed by atoms with Crippen molar-refractivity contribution in [1.29, 1.82) is 0 Å². The van der Waals surface area contributed by atoms with Crippen molar-refractivity contribution in [2.45, 2.75) is 44.7 Å². The fourth-order valence-corrected chi connectivity index (χ4v) is 3.41. The van der Waals surface area contributed by atoms with E-state index in [0.717, 1.165) is 18.6 Å². The van der Waals surface area contributed by atoms with Gasteiger partial charge in [0, 0.05) is 19.2 Å². The molecular weight excluding hydrogens is 200 g/mol. The summed E-state index contributed by atoms with van der Waals surface area (Å²) in [6, 6.07) is 1.39. The fourth-order valence-electron chi connectivity index (χ4n) is 3.41. The van der Waals surface area contributed by atoms with Crippen molar-refractivity contribution in [3.63, 3.8) is 0 Å². The highest BCUT2D eigenvalue weighted by Crippen LogP contribution is 2.29. The van der Waals surface area contributed by atoms with Gasteiger partial charge in [0.1, 0.15) is 0 Å². The van der Waals surface area contributed by atoms with Crippen LogP contribution in [0.2, 0.25) is 0 Å². The molecule has 0 radical (unpaired) electrons. The van der Waals surface area contributed by atoms with Gasteiger partial charge in [-0.05, 0) is 58.2 Å². The Kier molecular flexibility index (Phi) is 4.62. The molecule has 1 N–H and O–H groups in total. The van der Waals surface area contributed by atoms with Gasteiger partial charge in [-0.25, -0.2) is 0 Å². The van der Waals surface area contributed by atoms with Crippen LogP contribution >= 0.6 is 0 Å². The molecule has 3 unspecified atom stereocenters. The van der Waals surface area contributed by atoms with Crippen molar-refractivity contribution in [3.05, 3.63) is 0 Å². The average molecular weight is 226 g/mol. The first-order valence-corrected chi connectivity index (χ1v) is 6.78. The molecular formula is C13H26N2O. The van der Waals surface area contributed by atoms with Crippen LogP contribution < -0.4 is 5.32 Å². The van der Waals surface area contributed by atoms with Gasteiger partial charge in [-0.15, -0.1) is 0 Å². The molecule has 2 aliphatic rings. The second kappa shape index (κ2) is 5.99. The SMILES string of the molecule is COCC(C)N1CCCC1C1CCCNC1. The molecule has 2 aliphatic heterocycles. The van der Waals surface area contributed by atoms with E-state index >= 15 is 0 Å². The summed E-state index contributed by atoms with van der Waals surface area (Å²) in [4.78, 5) is 2.68. The van der Waals surface area contributed by atoms with Gasteiger partial charge < -0.3 is 10.1 Å². The maximum Gasteiger partial charge on any atom is 0.0615 e. The van der Waals surface area contributed by atoms with E-state index in [2.05, 4.69) is 17.1 Å². The van der Waals surface area contributed by atoms with Crippen molar-refractivity contribution in [2.75, 3.05) is 33.4 Å². The van der Waals surface area contributed by atoms with Crippen LogP contribution in [0.25, 0.3) is 0 Å². The number of hydrogen-bond acceptors (Lipinski definition) is 3. The Morgan fingerprint density at radius 1 is 1.38 bits per heavy atom. The standard InChI is InChI=1S/C13H26N2O/c1-11(10-16-2)15-8-4-6-13(15)12-5-3-7-14-9-12/h11-14H,3-10H2,1-2H3. The maximum atomic E-state index is 5.29. The summed E-state index contributed by atoms with van der Waals surface area (Å²) < 4.78 is 5.29. The predicted octanol–water partition coefficient (Wildman–Crippen LogP) is 1.49. The predicted molar refractivity (Wildman–Crippen MR) is 66.7 cm³/mol. The summed E-state index contributed by atoms with van der Waals surface area (Å²) in [5.41, 5.74) is 0. The summed E-state index contributed by atoms with van der Waals surface area (Å²) in [6.07, 6.45) is 5.52. The molecule has 16 heavy (non-hydrogen) atoms. The molecule has 0 spiro atoms. The summed E-state index contributed by atoms with van der Waals surface area (Å²) in [6.45, 7) is 6.89. The van der Waals surface area contributed by atoms with Gasteiger partial charge in [-0.1, -0.05) is 0 Å².